The Morgan fingerprint density at radius 3 is 2.40 bits per heavy atom. The van der Waals surface area contributed by atoms with E-state index in [1.807, 2.05) is 66.7 Å². The molecule has 0 aromatic heterocycles. The van der Waals surface area contributed by atoms with Crippen LogP contribution >= 0.6 is 0 Å². The second kappa shape index (κ2) is 14.8. The first-order chi connectivity index (χ1) is 25.2. The van der Waals surface area contributed by atoms with E-state index in [9.17, 15) is 27.9 Å². The Kier molecular flexibility index (Phi) is 10.5. The van der Waals surface area contributed by atoms with Crippen molar-refractivity contribution >= 4 is 11.8 Å². The summed E-state index contributed by atoms with van der Waals surface area (Å²) in [5, 5.41) is 12.4. The zero-order valence-electron chi connectivity index (χ0n) is 30.7. The molecule has 8 nitrogen and oxygen atoms in total. The van der Waals surface area contributed by atoms with Crippen molar-refractivity contribution in [3.05, 3.63) is 95.1 Å². The number of aliphatic hydroxyl groups is 1. The Morgan fingerprint density at radius 1 is 0.925 bits per heavy atom. The van der Waals surface area contributed by atoms with Gasteiger partial charge in [0.2, 0.25) is 5.91 Å². The highest BCUT2D eigenvalue weighted by Gasteiger charge is 2.50. The average molecular weight is 734 g/mol. The van der Waals surface area contributed by atoms with Gasteiger partial charge < -0.3 is 24.8 Å². The number of likely N-dealkylation sites (tertiary alicyclic amines) is 2. The monoisotopic (exact) mass is 733 g/mol. The summed E-state index contributed by atoms with van der Waals surface area (Å²) in [7, 11) is 0. The summed E-state index contributed by atoms with van der Waals surface area (Å²) in [6.45, 7) is 9.11. The number of rotatable bonds is 9. The zero-order chi connectivity index (χ0) is 37.5. The molecule has 53 heavy (non-hydrogen) atoms. The first kappa shape index (κ1) is 37.5. The largest absolute Gasteiger partial charge is 0.471 e. The van der Waals surface area contributed by atoms with Gasteiger partial charge in [-0.05, 0) is 82.9 Å². The van der Waals surface area contributed by atoms with Gasteiger partial charge in [0.25, 0.3) is 0 Å². The van der Waals surface area contributed by atoms with Crippen LogP contribution < -0.4 is 5.32 Å². The van der Waals surface area contributed by atoms with E-state index in [4.69, 9.17) is 9.47 Å². The van der Waals surface area contributed by atoms with Crippen LogP contribution in [0.15, 0.2) is 72.8 Å². The lowest BCUT2D eigenvalue weighted by Crippen LogP contribution is -2.50. The van der Waals surface area contributed by atoms with Crippen LogP contribution in [0.25, 0.3) is 11.1 Å². The molecule has 3 aromatic rings. The molecule has 0 radical (unpaired) electrons. The van der Waals surface area contributed by atoms with Crippen molar-refractivity contribution in [1.82, 2.24) is 15.1 Å². The third-order valence-corrected chi connectivity index (χ3v) is 11.5. The number of aliphatic hydroxyl groups excluding tert-OH is 1. The van der Waals surface area contributed by atoms with Crippen molar-refractivity contribution in [3.63, 3.8) is 0 Å². The highest BCUT2D eigenvalue weighted by atomic mass is 19.4. The maximum absolute atomic E-state index is 13.1. The third-order valence-electron chi connectivity index (χ3n) is 11.5. The van der Waals surface area contributed by atoms with Gasteiger partial charge in [-0.25, -0.2) is 0 Å². The Bertz CT molecular complexity index is 1800. The topological polar surface area (TPSA) is 91.3 Å². The van der Waals surface area contributed by atoms with Crippen molar-refractivity contribution in [2.24, 2.45) is 10.8 Å². The number of nitrogens with one attached hydrogen (secondary N) is 1. The quantitative estimate of drug-likeness (QED) is 0.237. The number of carbonyl (C=O) groups excluding carboxylic acids is 2. The van der Waals surface area contributed by atoms with Crippen LogP contribution in [0.1, 0.15) is 93.9 Å². The number of halogens is 3. The maximum atomic E-state index is 13.1. The van der Waals surface area contributed by atoms with Gasteiger partial charge in [0.05, 0.1) is 18.8 Å². The SMILES string of the molecule is CC1(C)CC2CC(C)(CN2C[C@@H]2C[C@H](c3ccc(CO)cc3)O[C@H](c3cccc(-c4cccc(CNC(=O)[C@@H]5CCCN5C(=O)C(F)(F)F)c4)c3)O2)C1. The maximum Gasteiger partial charge on any atom is 0.471 e. The van der Waals surface area contributed by atoms with Crippen molar-refractivity contribution < 1.29 is 37.3 Å². The number of hydrogen-bond acceptors (Lipinski definition) is 6. The van der Waals surface area contributed by atoms with Crippen LogP contribution in [0, 0.1) is 10.8 Å². The van der Waals surface area contributed by atoms with E-state index in [2.05, 4.69) is 37.1 Å². The minimum Gasteiger partial charge on any atom is -0.392 e. The highest BCUT2D eigenvalue weighted by Crippen LogP contribution is 2.53. The average Bonchev–Trinajstić information content (AvgIpc) is 3.71. The summed E-state index contributed by atoms with van der Waals surface area (Å²) in [5.41, 5.74) is 6.01. The van der Waals surface area contributed by atoms with Gasteiger partial charge in [0.15, 0.2) is 6.29 Å². The molecule has 7 rings (SSSR count). The lowest BCUT2D eigenvalue weighted by atomic mass is 9.65. The van der Waals surface area contributed by atoms with E-state index in [1.54, 1.807) is 0 Å². The minimum atomic E-state index is -5.02. The molecule has 1 aliphatic carbocycles. The molecule has 6 atom stereocenters. The minimum absolute atomic E-state index is 0.0198. The first-order valence-electron chi connectivity index (χ1n) is 18.8. The second-order valence-electron chi connectivity index (χ2n) is 16.7. The van der Waals surface area contributed by atoms with Gasteiger partial charge in [-0.3, -0.25) is 14.5 Å². The van der Waals surface area contributed by atoms with Crippen molar-refractivity contribution in [2.75, 3.05) is 19.6 Å². The molecule has 4 aliphatic rings. The lowest BCUT2D eigenvalue weighted by molar-refractivity contribution is -0.253. The molecule has 2 N–H and O–H groups in total. The molecule has 11 heteroatoms. The molecule has 3 heterocycles. The van der Waals surface area contributed by atoms with Gasteiger partial charge in [-0.15, -0.1) is 0 Å². The summed E-state index contributed by atoms with van der Waals surface area (Å²) in [5.74, 6) is -2.57. The predicted octanol–water partition coefficient (Wildman–Crippen LogP) is 7.46. The molecule has 0 spiro atoms. The Labute approximate surface area is 309 Å². The lowest BCUT2D eigenvalue weighted by Gasteiger charge is -2.41. The van der Waals surface area contributed by atoms with E-state index in [-0.39, 0.29) is 38.3 Å². The van der Waals surface area contributed by atoms with Gasteiger partial charge in [0.1, 0.15) is 6.04 Å². The Hall–Kier alpha value is -3.77. The van der Waals surface area contributed by atoms with Gasteiger partial charge >= 0.3 is 12.1 Å². The third kappa shape index (κ3) is 8.48. The fraction of sp³-hybridized carbons (Fsp3) is 0.524. The summed E-state index contributed by atoms with van der Waals surface area (Å²) < 4.78 is 52.8. The number of hydrogen-bond donors (Lipinski definition) is 2. The number of ether oxygens (including phenoxy) is 2. The fourth-order valence-electron chi connectivity index (χ4n) is 9.56. The Balaban J connectivity index is 1.07. The summed E-state index contributed by atoms with van der Waals surface area (Å²) in [4.78, 5) is 28.1. The van der Waals surface area contributed by atoms with Gasteiger partial charge in [0, 0.05) is 44.2 Å². The Morgan fingerprint density at radius 2 is 1.66 bits per heavy atom. The van der Waals surface area contributed by atoms with E-state index in [0.717, 1.165) is 52.9 Å². The summed E-state index contributed by atoms with van der Waals surface area (Å²) >= 11 is 0. The van der Waals surface area contributed by atoms with Crippen molar-refractivity contribution in [2.45, 2.75) is 109 Å². The molecule has 3 aromatic carbocycles. The molecule has 4 fully saturated rings. The molecular formula is C42H50F3N3O5. The zero-order valence-corrected chi connectivity index (χ0v) is 30.7. The van der Waals surface area contributed by atoms with Crippen LogP contribution in [0.4, 0.5) is 13.2 Å². The van der Waals surface area contributed by atoms with E-state index >= 15 is 0 Å². The molecule has 284 valence electrons. The molecular weight excluding hydrogens is 683 g/mol. The number of nitrogens with zero attached hydrogens (tertiary/aromatic N) is 2. The highest BCUT2D eigenvalue weighted by molar-refractivity contribution is 5.90. The smallest absolute Gasteiger partial charge is 0.392 e. The van der Waals surface area contributed by atoms with Crippen LogP contribution in [0.2, 0.25) is 0 Å². The number of benzene rings is 3. The van der Waals surface area contributed by atoms with Crippen LogP contribution in [-0.4, -0.2) is 70.7 Å². The predicted molar refractivity (Wildman–Crippen MR) is 194 cm³/mol. The van der Waals surface area contributed by atoms with E-state index in [1.165, 1.54) is 19.3 Å². The molecule has 2 amide bonds. The second-order valence-corrected chi connectivity index (χ2v) is 16.7. The number of amides is 2. The summed E-state index contributed by atoms with van der Waals surface area (Å²) in [6.07, 6.45) is -0.997. The molecule has 2 unspecified atom stereocenters. The number of fused-ring (bicyclic) bond motifs is 2. The van der Waals surface area contributed by atoms with E-state index in [0.29, 0.717) is 28.2 Å². The molecule has 2 bridgehead atoms. The molecule has 1 saturated carbocycles. The number of carbonyl (C=O) groups is 2. The standard InChI is InChI=1S/C42H50F3N3O5/c1-40(2)20-33-21-41(3,25-40)26-47(33)23-34-19-36(29-14-12-27(24-49)13-15-29)53-38(52-34)32-10-5-9-31(18-32)30-8-4-7-28(17-30)22-46-37(50)35-11-6-16-48(35)39(51)42(43,44)45/h4-5,7-10,12-15,17-18,33-36,38,49H,6,11,16,19-26H2,1-3H3,(H,46,50)/t33?,34-,35-,36+,38+,41?/m0/s1. The summed E-state index contributed by atoms with van der Waals surface area (Å²) in [6, 6.07) is 23.0. The van der Waals surface area contributed by atoms with E-state index < -0.39 is 30.3 Å². The van der Waals surface area contributed by atoms with Gasteiger partial charge in [-0.1, -0.05) is 81.4 Å². The van der Waals surface area contributed by atoms with Crippen molar-refractivity contribution in [3.8, 4) is 11.1 Å². The number of alkyl halides is 3. The molecule has 3 saturated heterocycles. The van der Waals surface area contributed by atoms with Crippen LogP contribution in [0.3, 0.4) is 0 Å². The normalized spacial score (nSPS) is 28.6. The first-order valence-corrected chi connectivity index (χ1v) is 18.8. The fourth-order valence-corrected chi connectivity index (χ4v) is 9.56. The van der Waals surface area contributed by atoms with Crippen LogP contribution in [0.5, 0.6) is 0 Å². The van der Waals surface area contributed by atoms with Gasteiger partial charge in [-0.2, -0.15) is 13.2 Å². The van der Waals surface area contributed by atoms with Crippen LogP contribution in [-0.2, 0) is 32.2 Å². The van der Waals surface area contributed by atoms with Crippen molar-refractivity contribution in [1.29, 1.82) is 0 Å². The molecule has 3 aliphatic heterocycles.